The van der Waals surface area contributed by atoms with Crippen LogP contribution in [-0.4, -0.2) is 107 Å². The molecule has 5 N–H and O–H groups in total. The number of aromatic hydroxyl groups is 2. The maximum absolute atomic E-state index is 14.5. The maximum Gasteiger partial charge on any atom is 0.246 e. The SMILES string of the molecule is CCN(c1ccc(OCCCCCCC(=O)NC(C(=O)N2CC(O)CC2C(=O)NCc2ccc(-c3scnc3C)cc2)C(C)(C)C)cc1)S(=O)(=O)C1CC2OC1C(c1ccc(O)cc1)=C2c1ccc(O)cc1. The highest BCUT2D eigenvalue weighted by molar-refractivity contribution is 7.93. The van der Waals surface area contributed by atoms with Gasteiger partial charge < -0.3 is 40.3 Å². The number of anilines is 1. The molecule has 2 fully saturated rings. The van der Waals surface area contributed by atoms with Crippen molar-refractivity contribution in [3.05, 3.63) is 125 Å². The van der Waals surface area contributed by atoms with E-state index in [2.05, 4.69) is 15.6 Å². The number of ether oxygens (including phenoxy) is 2. The minimum Gasteiger partial charge on any atom is -0.508 e. The van der Waals surface area contributed by atoms with Gasteiger partial charge in [-0.25, -0.2) is 13.4 Å². The number of benzene rings is 4. The van der Waals surface area contributed by atoms with E-state index in [0.29, 0.717) is 24.5 Å². The smallest absolute Gasteiger partial charge is 0.246 e. The zero-order valence-electron chi connectivity index (χ0n) is 41.4. The van der Waals surface area contributed by atoms with Crippen molar-refractivity contribution in [3.63, 3.8) is 0 Å². The van der Waals surface area contributed by atoms with Crippen molar-refractivity contribution in [1.29, 1.82) is 0 Å². The Morgan fingerprint density at radius 2 is 1.49 bits per heavy atom. The molecule has 4 aromatic carbocycles. The van der Waals surface area contributed by atoms with Crippen LogP contribution < -0.4 is 19.7 Å². The summed E-state index contributed by atoms with van der Waals surface area (Å²) in [4.78, 5) is 47.6. The van der Waals surface area contributed by atoms with Crippen LogP contribution in [0.3, 0.4) is 0 Å². The first kappa shape index (κ1) is 52.1. The Balaban J connectivity index is 0.786. The van der Waals surface area contributed by atoms with Gasteiger partial charge in [0.25, 0.3) is 0 Å². The molecular weight excluding hydrogens is 955 g/mol. The lowest BCUT2D eigenvalue weighted by Crippen LogP contribution is -2.57. The molecule has 72 heavy (non-hydrogen) atoms. The topological polar surface area (TPSA) is 208 Å². The van der Waals surface area contributed by atoms with Crippen molar-refractivity contribution in [2.24, 2.45) is 5.41 Å². The lowest BCUT2D eigenvalue weighted by Gasteiger charge is -2.35. The van der Waals surface area contributed by atoms with Crippen LogP contribution in [0, 0.1) is 12.3 Å². The number of thiazole rings is 1. The molecule has 0 spiro atoms. The van der Waals surface area contributed by atoms with E-state index in [-0.39, 0.29) is 62.2 Å². The molecule has 3 aliphatic heterocycles. The van der Waals surface area contributed by atoms with E-state index in [4.69, 9.17) is 9.47 Å². The number of phenolic OH excluding ortho intramolecular Hbond substituents is 2. The number of β-amino-alcohol motifs (C(OH)–C–C–N with tert-alkyl or cyclic N) is 1. The van der Waals surface area contributed by atoms with Gasteiger partial charge in [0, 0.05) is 32.5 Å². The standard InChI is InChI=1S/C55H65N5O10S2/c1-6-60(72(67,68)46-30-45-48(36-16-22-40(61)23-17-36)49(50(46)70-45)37-18-24-41(62)25-19-37)39-20-26-43(27-21-39)69-28-10-8-7-9-11-47(64)58-52(55(3,4)5)54(66)59-32-42(63)29-44(59)53(65)56-31-35-12-14-38(15-13-35)51-34(2)57-33-71-51/h12-27,33,42,44-46,50,52,61-63H,6-11,28-32H2,1-5H3,(H,56,65)(H,58,64). The summed E-state index contributed by atoms with van der Waals surface area (Å²) in [7, 11) is -3.92. The monoisotopic (exact) mass is 1020 g/mol. The van der Waals surface area contributed by atoms with Crippen LogP contribution in [0.15, 0.2) is 103 Å². The van der Waals surface area contributed by atoms with Crippen LogP contribution in [0.5, 0.6) is 17.2 Å². The molecule has 2 bridgehead atoms. The summed E-state index contributed by atoms with van der Waals surface area (Å²) in [6.45, 7) is 10.2. The predicted octanol–water partition coefficient (Wildman–Crippen LogP) is 7.97. The minimum atomic E-state index is -3.92. The Morgan fingerprint density at radius 3 is 2.10 bits per heavy atom. The van der Waals surface area contributed by atoms with Crippen molar-refractivity contribution in [2.45, 2.75) is 122 Å². The molecule has 6 unspecified atom stereocenters. The van der Waals surface area contributed by atoms with Crippen LogP contribution in [0.2, 0.25) is 0 Å². The average Bonchev–Trinajstić information content (AvgIpc) is 4.17. The molecule has 0 radical (unpaired) electrons. The van der Waals surface area contributed by atoms with Gasteiger partial charge in [0.2, 0.25) is 27.7 Å². The number of amides is 3. The summed E-state index contributed by atoms with van der Waals surface area (Å²) in [6.07, 6.45) is 1.40. The Bertz CT molecular complexity index is 2850. The van der Waals surface area contributed by atoms with Crippen molar-refractivity contribution in [1.82, 2.24) is 20.5 Å². The molecule has 15 nitrogen and oxygen atoms in total. The summed E-state index contributed by atoms with van der Waals surface area (Å²) >= 11 is 1.57. The molecule has 3 amide bonds. The molecule has 0 aliphatic carbocycles. The van der Waals surface area contributed by atoms with E-state index in [1.807, 2.05) is 57.5 Å². The van der Waals surface area contributed by atoms with Crippen LogP contribution in [-0.2, 0) is 35.7 Å². The van der Waals surface area contributed by atoms with E-state index < -0.39 is 57.0 Å². The second-order valence-corrected chi connectivity index (χ2v) is 22.8. The van der Waals surface area contributed by atoms with Crippen LogP contribution >= 0.6 is 11.3 Å². The molecule has 5 aromatic rings. The summed E-state index contributed by atoms with van der Waals surface area (Å²) < 4.78 is 42.8. The van der Waals surface area contributed by atoms with E-state index >= 15 is 0 Å². The first-order valence-corrected chi connectivity index (χ1v) is 27.1. The van der Waals surface area contributed by atoms with Crippen molar-refractivity contribution >= 4 is 55.9 Å². The number of aryl methyl sites for hydroxylation is 1. The van der Waals surface area contributed by atoms with E-state index in [1.54, 1.807) is 91.1 Å². The van der Waals surface area contributed by atoms with Gasteiger partial charge in [-0.3, -0.25) is 18.7 Å². The van der Waals surface area contributed by atoms with Gasteiger partial charge in [-0.1, -0.05) is 82.1 Å². The molecule has 2 saturated heterocycles. The molecule has 6 atom stereocenters. The fraction of sp³-hybridized carbons (Fsp3) is 0.418. The summed E-state index contributed by atoms with van der Waals surface area (Å²) in [5.41, 5.74) is 7.78. The summed E-state index contributed by atoms with van der Waals surface area (Å²) in [5.74, 6) is -0.202. The number of sulfonamides is 1. The predicted molar refractivity (Wildman–Crippen MR) is 279 cm³/mol. The lowest BCUT2D eigenvalue weighted by atomic mass is 9.83. The number of hydrogen-bond acceptors (Lipinski definition) is 12. The number of rotatable bonds is 20. The van der Waals surface area contributed by atoms with Gasteiger partial charge in [0.1, 0.15) is 40.7 Å². The maximum atomic E-state index is 14.5. The number of carbonyl (C=O) groups is 3. The molecule has 1 aromatic heterocycles. The highest BCUT2D eigenvalue weighted by Gasteiger charge is 2.54. The van der Waals surface area contributed by atoms with Gasteiger partial charge in [-0.2, -0.15) is 0 Å². The first-order chi connectivity index (χ1) is 34.4. The molecule has 4 heterocycles. The van der Waals surface area contributed by atoms with E-state index in [0.717, 1.165) is 63.2 Å². The number of aliphatic hydroxyl groups is 1. The fourth-order valence-electron chi connectivity index (χ4n) is 9.97. The highest BCUT2D eigenvalue weighted by Crippen LogP contribution is 2.51. The molecule has 8 rings (SSSR count). The van der Waals surface area contributed by atoms with Crippen molar-refractivity contribution in [2.75, 3.05) is 24.0 Å². The number of likely N-dealkylation sites (tertiary alicyclic amines) is 1. The number of hydrogen-bond donors (Lipinski definition) is 5. The van der Waals surface area contributed by atoms with Gasteiger partial charge >= 0.3 is 0 Å². The van der Waals surface area contributed by atoms with Crippen LogP contribution in [0.25, 0.3) is 21.6 Å². The highest BCUT2D eigenvalue weighted by atomic mass is 32.2. The number of nitrogens with zero attached hydrogens (tertiary/aromatic N) is 3. The van der Waals surface area contributed by atoms with E-state index in [9.17, 15) is 38.1 Å². The zero-order chi connectivity index (χ0) is 51.3. The molecular formula is C55H65N5O10S2. The zero-order valence-corrected chi connectivity index (χ0v) is 43.0. The molecule has 3 aliphatic rings. The second-order valence-electron chi connectivity index (χ2n) is 19.9. The molecule has 0 saturated carbocycles. The summed E-state index contributed by atoms with van der Waals surface area (Å²) in [6, 6.07) is 26.6. The largest absolute Gasteiger partial charge is 0.508 e. The Kier molecular flexibility index (Phi) is 16.1. The normalized spacial score (nSPS) is 20.1. The number of fused-ring (bicyclic) bond motifs is 2. The number of phenols is 2. The number of nitrogens with one attached hydrogen (secondary N) is 2. The minimum absolute atomic E-state index is 0.00166. The number of carbonyl (C=O) groups excluding carboxylic acids is 3. The number of aliphatic hydroxyl groups excluding tert-OH is 1. The third-order valence-corrected chi connectivity index (χ3v) is 17.0. The lowest BCUT2D eigenvalue weighted by molar-refractivity contribution is -0.144. The number of unbranched alkanes of at least 4 members (excludes halogenated alkanes) is 3. The third kappa shape index (κ3) is 11.6. The van der Waals surface area contributed by atoms with Gasteiger partial charge in [0.05, 0.1) is 40.6 Å². The first-order valence-electron chi connectivity index (χ1n) is 24.7. The van der Waals surface area contributed by atoms with Gasteiger partial charge in [0.15, 0.2) is 0 Å². The van der Waals surface area contributed by atoms with Crippen LogP contribution in [0.1, 0.15) is 95.0 Å². The second kappa shape index (κ2) is 22.2. The van der Waals surface area contributed by atoms with Gasteiger partial charge in [-0.05, 0) is 120 Å². The summed E-state index contributed by atoms with van der Waals surface area (Å²) in [5, 5.41) is 35.6. The third-order valence-electron chi connectivity index (χ3n) is 13.7. The van der Waals surface area contributed by atoms with Crippen molar-refractivity contribution < 1.29 is 47.6 Å². The quantitative estimate of drug-likeness (QED) is 0.0473. The Hall–Kier alpha value is -6.27. The molecule has 17 heteroatoms. The Morgan fingerprint density at radius 1 is 0.861 bits per heavy atom. The molecule has 382 valence electrons. The van der Waals surface area contributed by atoms with Crippen molar-refractivity contribution in [3.8, 4) is 27.7 Å². The Labute approximate surface area is 426 Å². The van der Waals surface area contributed by atoms with Crippen LogP contribution in [0.4, 0.5) is 5.69 Å². The average molecular weight is 1020 g/mol. The van der Waals surface area contributed by atoms with Gasteiger partial charge in [-0.15, -0.1) is 11.3 Å². The van der Waals surface area contributed by atoms with E-state index in [1.165, 1.54) is 9.21 Å². The fourth-order valence-corrected chi connectivity index (χ4v) is 12.8. The number of aromatic nitrogens is 1.